The largest absolute Gasteiger partial charge is 0.383 e. The Morgan fingerprint density at radius 1 is 1.04 bits per heavy atom. The molecule has 1 aliphatic heterocycles. The van der Waals surface area contributed by atoms with Crippen molar-refractivity contribution in [1.29, 1.82) is 0 Å². The quantitative estimate of drug-likeness (QED) is 0.812. The molecule has 0 atom stereocenters. The average molecular weight is 319 g/mol. The Morgan fingerprint density at radius 2 is 1.78 bits per heavy atom. The minimum absolute atomic E-state index is 0.813. The van der Waals surface area contributed by atoms with Gasteiger partial charge < -0.3 is 14.5 Å². The van der Waals surface area contributed by atoms with Crippen molar-refractivity contribution in [3.05, 3.63) is 11.3 Å². The van der Waals surface area contributed by atoms with Crippen molar-refractivity contribution in [1.82, 2.24) is 14.9 Å². The zero-order chi connectivity index (χ0) is 16.2. The van der Waals surface area contributed by atoms with Gasteiger partial charge in [-0.1, -0.05) is 0 Å². The second kappa shape index (κ2) is 7.45. The van der Waals surface area contributed by atoms with Gasteiger partial charge in [-0.15, -0.1) is 0 Å². The van der Waals surface area contributed by atoms with Crippen LogP contribution in [0.25, 0.3) is 0 Å². The van der Waals surface area contributed by atoms with E-state index < -0.39 is 0 Å². The molecular formula is C17H29N5O. The molecule has 23 heavy (non-hydrogen) atoms. The number of ether oxygens (including phenoxy) is 1. The third kappa shape index (κ3) is 3.75. The van der Waals surface area contributed by atoms with Crippen LogP contribution in [0.4, 0.5) is 11.8 Å². The Kier molecular flexibility index (Phi) is 5.33. The molecule has 3 rings (SSSR count). The highest BCUT2D eigenvalue weighted by atomic mass is 16.5. The molecule has 0 bridgehead atoms. The zero-order valence-corrected chi connectivity index (χ0v) is 14.7. The molecule has 0 unspecified atom stereocenters. The summed E-state index contributed by atoms with van der Waals surface area (Å²) in [4.78, 5) is 16.6. The number of nitrogens with zero attached hydrogens (tertiary/aromatic N) is 5. The maximum atomic E-state index is 5.19. The Morgan fingerprint density at radius 3 is 2.48 bits per heavy atom. The average Bonchev–Trinajstić information content (AvgIpc) is 2.59. The van der Waals surface area contributed by atoms with Gasteiger partial charge in [-0.3, -0.25) is 4.90 Å². The predicted octanol–water partition coefficient (Wildman–Crippen LogP) is 1.19. The van der Waals surface area contributed by atoms with Crippen molar-refractivity contribution in [3.63, 3.8) is 0 Å². The molecule has 0 spiro atoms. The van der Waals surface area contributed by atoms with Gasteiger partial charge in [0, 0.05) is 59.5 Å². The summed E-state index contributed by atoms with van der Waals surface area (Å²) in [6.07, 6.45) is 4.74. The van der Waals surface area contributed by atoms with Crippen LogP contribution >= 0.6 is 0 Å². The number of fused-ring (bicyclic) bond motifs is 1. The van der Waals surface area contributed by atoms with Gasteiger partial charge in [0.15, 0.2) is 0 Å². The number of hydrogen-bond acceptors (Lipinski definition) is 6. The predicted molar refractivity (Wildman–Crippen MR) is 93.5 cm³/mol. The van der Waals surface area contributed by atoms with Gasteiger partial charge in [0.2, 0.25) is 5.95 Å². The van der Waals surface area contributed by atoms with Crippen molar-refractivity contribution < 1.29 is 4.74 Å². The monoisotopic (exact) mass is 319 g/mol. The Balaban J connectivity index is 1.78. The molecule has 1 aliphatic carbocycles. The van der Waals surface area contributed by atoms with Crippen LogP contribution in [0.5, 0.6) is 0 Å². The standard InChI is InChI=1S/C17H29N5O/c1-20(2)17-18-15-7-5-4-6-14(15)16(19-17)22-10-8-21(9-11-22)12-13-23-3/h4-13H2,1-3H3. The van der Waals surface area contributed by atoms with Crippen LogP contribution in [0, 0.1) is 0 Å². The Hall–Kier alpha value is -1.40. The number of aryl methyl sites for hydroxylation is 1. The molecular weight excluding hydrogens is 290 g/mol. The first kappa shape index (κ1) is 16.5. The van der Waals surface area contributed by atoms with E-state index in [-0.39, 0.29) is 0 Å². The number of hydrogen-bond donors (Lipinski definition) is 0. The number of aromatic nitrogens is 2. The van der Waals surface area contributed by atoms with Crippen LogP contribution in [0.15, 0.2) is 0 Å². The SMILES string of the molecule is COCCN1CCN(c2nc(N(C)C)nc3c2CCCC3)CC1. The first-order valence-corrected chi connectivity index (χ1v) is 8.72. The van der Waals surface area contributed by atoms with Crippen LogP contribution in [-0.4, -0.2) is 75.4 Å². The second-order valence-electron chi connectivity index (χ2n) is 6.70. The number of methoxy groups -OCH3 is 1. The lowest BCUT2D eigenvalue weighted by Gasteiger charge is -2.37. The summed E-state index contributed by atoms with van der Waals surface area (Å²) in [5.74, 6) is 2.03. The first-order chi connectivity index (χ1) is 11.2. The number of rotatable bonds is 5. The van der Waals surface area contributed by atoms with E-state index in [1.807, 2.05) is 19.0 Å². The van der Waals surface area contributed by atoms with E-state index in [1.165, 1.54) is 29.9 Å². The minimum Gasteiger partial charge on any atom is -0.383 e. The van der Waals surface area contributed by atoms with E-state index in [9.17, 15) is 0 Å². The Bertz CT molecular complexity index is 526. The van der Waals surface area contributed by atoms with Gasteiger partial charge in [-0.2, -0.15) is 4.98 Å². The second-order valence-corrected chi connectivity index (χ2v) is 6.70. The normalized spacial score (nSPS) is 18.8. The summed E-state index contributed by atoms with van der Waals surface area (Å²) in [6.45, 7) is 6.09. The summed E-state index contributed by atoms with van der Waals surface area (Å²) in [5.41, 5.74) is 2.67. The van der Waals surface area contributed by atoms with Crippen LogP contribution in [0.2, 0.25) is 0 Å². The highest BCUT2D eigenvalue weighted by molar-refractivity contribution is 5.54. The zero-order valence-electron chi connectivity index (χ0n) is 14.7. The van der Waals surface area contributed by atoms with E-state index >= 15 is 0 Å². The maximum Gasteiger partial charge on any atom is 0.227 e. The maximum absolute atomic E-state index is 5.19. The van der Waals surface area contributed by atoms with E-state index in [1.54, 1.807) is 7.11 Å². The fourth-order valence-electron chi connectivity index (χ4n) is 3.43. The summed E-state index contributed by atoms with van der Waals surface area (Å²) < 4.78 is 5.19. The Labute approximate surface area is 139 Å². The van der Waals surface area contributed by atoms with Crippen molar-refractivity contribution in [2.45, 2.75) is 25.7 Å². The first-order valence-electron chi connectivity index (χ1n) is 8.72. The molecule has 2 heterocycles. The van der Waals surface area contributed by atoms with Gasteiger partial charge in [0.1, 0.15) is 5.82 Å². The summed E-state index contributed by atoms with van der Waals surface area (Å²) in [7, 11) is 5.82. The lowest BCUT2D eigenvalue weighted by Crippen LogP contribution is -2.48. The smallest absolute Gasteiger partial charge is 0.227 e. The molecule has 0 radical (unpaired) electrons. The van der Waals surface area contributed by atoms with E-state index in [4.69, 9.17) is 14.7 Å². The van der Waals surface area contributed by atoms with E-state index in [0.717, 1.165) is 58.1 Å². The van der Waals surface area contributed by atoms with Gasteiger partial charge in [0.05, 0.1) is 12.3 Å². The molecule has 0 aromatic carbocycles. The van der Waals surface area contributed by atoms with Gasteiger partial charge in [0.25, 0.3) is 0 Å². The summed E-state index contributed by atoms with van der Waals surface area (Å²) in [5, 5.41) is 0. The third-order valence-electron chi connectivity index (χ3n) is 4.83. The fraction of sp³-hybridized carbons (Fsp3) is 0.765. The van der Waals surface area contributed by atoms with E-state index in [2.05, 4.69) is 9.80 Å². The van der Waals surface area contributed by atoms with Crippen LogP contribution in [0.3, 0.4) is 0 Å². The highest BCUT2D eigenvalue weighted by Gasteiger charge is 2.25. The molecule has 0 amide bonds. The minimum atomic E-state index is 0.813. The van der Waals surface area contributed by atoms with Gasteiger partial charge >= 0.3 is 0 Å². The van der Waals surface area contributed by atoms with Gasteiger partial charge in [-0.05, 0) is 25.7 Å². The molecule has 1 aromatic rings. The lowest BCUT2D eigenvalue weighted by atomic mass is 9.96. The molecule has 1 aromatic heterocycles. The molecule has 1 saturated heterocycles. The lowest BCUT2D eigenvalue weighted by molar-refractivity contribution is 0.144. The van der Waals surface area contributed by atoms with Gasteiger partial charge in [-0.25, -0.2) is 4.98 Å². The number of anilines is 2. The molecule has 6 heteroatoms. The molecule has 0 N–H and O–H groups in total. The number of piperazine rings is 1. The van der Waals surface area contributed by atoms with Crippen molar-refractivity contribution >= 4 is 11.8 Å². The molecule has 128 valence electrons. The fourth-order valence-corrected chi connectivity index (χ4v) is 3.43. The highest BCUT2D eigenvalue weighted by Crippen LogP contribution is 2.30. The van der Waals surface area contributed by atoms with Crippen molar-refractivity contribution in [3.8, 4) is 0 Å². The van der Waals surface area contributed by atoms with Crippen LogP contribution in [-0.2, 0) is 17.6 Å². The van der Waals surface area contributed by atoms with Crippen molar-refractivity contribution in [2.24, 2.45) is 0 Å². The topological polar surface area (TPSA) is 44.7 Å². The van der Waals surface area contributed by atoms with Crippen LogP contribution in [0.1, 0.15) is 24.1 Å². The van der Waals surface area contributed by atoms with E-state index in [0.29, 0.717) is 0 Å². The third-order valence-corrected chi connectivity index (χ3v) is 4.83. The van der Waals surface area contributed by atoms with Crippen molar-refractivity contribution in [2.75, 3.05) is 70.3 Å². The molecule has 2 aliphatic rings. The summed E-state index contributed by atoms with van der Waals surface area (Å²) >= 11 is 0. The molecule has 6 nitrogen and oxygen atoms in total. The summed E-state index contributed by atoms with van der Waals surface area (Å²) in [6, 6.07) is 0. The molecule has 0 saturated carbocycles. The molecule has 1 fully saturated rings. The van der Waals surface area contributed by atoms with Crippen LogP contribution < -0.4 is 9.80 Å².